The Hall–Kier alpha value is -2.76. The number of aliphatic hydroxyl groups excluding tert-OH is 1. The second-order valence-electron chi connectivity index (χ2n) is 9.82. The Labute approximate surface area is 279 Å². The number of anilines is 2. The number of benzene rings is 3. The van der Waals surface area contributed by atoms with Crippen LogP contribution in [-0.2, 0) is 0 Å². The van der Waals surface area contributed by atoms with Gasteiger partial charge in [0.2, 0.25) is 0 Å². The van der Waals surface area contributed by atoms with Crippen molar-refractivity contribution in [3.05, 3.63) is 84.8 Å². The van der Waals surface area contributed by atoms with E-state index < -0.39 is 12.3 Å². The Balaban J connectivity index is 1.17. The quantitative estimate of drug-likeness (QED) is 0.0715. The maximum Gasteiger partial charge on any atom is 0.355 e. The summed E-state index contributed by atoms with van der Waals surface area (Å²) in [5, 5.41) is 33.4. The van der Waals surface area contributed by atoms with Gasteiger partial charge in [0, 0.05) is 27.4 Å². The molecule has 234 valence electrons. The number of carbonyl (C=O) groups is 1. The zero-order valence-electron chi connectivity index (χ0n) is 23.6. The summed E-state index contributed by atoms with van der Waals surface area (Å²) in [6.07, 6.45) is 2.86. The molecule has 0 atom stereocenters. The summed E-state index contributed by atoms with van der Waals surface area (Å²) in [6, 6.07) is 13.5. The van der Waals surface area contributed by atoms with E-state index in [1.165, 1.54) is 11.3 Å². The van der Waals surface area contributed by atoms with Gasteiger partial charge in [-0.15, -0.1) is 11.3 Å². The van der Waals surface area contributed by atoms with E-state index >= 15 is 0 Å². The van der Waals surface area contributed by atoms with Crippen molar-refractivity contribution in [3.63, 3.8) is 0 Å². The first-order valence-electron chi connectivity index (χ1n) is 13.7. The predicted molar refractivity (Wildman–Crippen MR) is 177 cm³/mol. The summed E-state index contributed by atoms with van der Waals surface area (Å²) in [5.74, 6) is -0.287. The van der Waals surface area contributed by atoms with Crippen LogP contribution in [0.4, 0.5) is 11.4 Å². The van der Waals surface area contributed by atoms with Crippen molar-refractivity contribution in [1.29, 1.82) is 0 Å². The molecule has 0 radical (unpaired) electrons. The lowest BCUT2D eigenvalue weighted by Gasteiger charge is -2.16. The standard InChI is InChI=1S/C31H30Cl4N2O6S/c1-17-26(31(40)41)37-29(44-17)18-13-21(32)27(22(33)14-18)42-11-7-3-2-4-8-12-43-28-23(34)15-19(16-24(28)35)36-25-10-6-5-9-20(25)30(38)39/h5-6,9-10,13-16,30,36,38-39H,2-4,7-8,11-12H2,1H3,(H,40,41). The summed E-state index contributed by atoms with van der Waals surface area (Å²) in [6.45, 7) is 2.60. The highest BCUT2D eigenvalue weighted by atomic mass is 35.5. The van der Waals surface area contributed by atoms with Crippen LogP contribution in [-0.4, -0.2) is 39.5 Å². The molecule has 0 bridgehead atoms. The number of para-hydroxylation sites is 1. The van der Waals surface area contributed by atoms with E-state index in [1.807, 2.05) is 0 Å². The molecule has 1 aromatic heterocycles. The molecule has 1 heterocycles. The van der Waals surface area contributed by atoms with Crippen molar-refractivity contribution in [2.45, 2.75) is 45.3 Å². The molecule has 0 aliphatic carbocycles. The van der Waals surface area contributed by atoms with Crippen molar-refractivity contribution >= 4 is 75.1 Å². The van der Waals surface area contributed by atoms with Gasteiger partial charge in [-0.05, 0) is 50.1 Å². The van der Waals surface area contributed by atoms with Crippen LogP contribution in [0.3, 0.4) is 0 Å². The van der Waals surface area contributed by atoms with Gasteiger partial charge in [0.25, 0.3) is 0 Å². The van der Waals surface area contributed by atoms with Gasteiger partial charge in [-0.25, -0.2) is 9.78 Å². The molecule has 13 heteroatoms. The van der Waals surface area contributed by atoms with Crippen molar-refractivity contribution < 1.29 is 29.6 Å². The van der Waals surface area contributed by atoms with Crippen LogP contribution in [0.1, 0.15) is 59.3 Å². The van der Waals surface area contributed by atoms with Crippen molar-refractivity contribution in [1.82, 2.24) is 4.98 Å². The SMILES string of the molecule is Cc1sc(-c2cc(Cl)c(OCCCCCCCOc3c(Cl)cc(Nc4ccccc4C(O)O)cc3Cl)c(Cl)c2)nc1C(=O)O. The molecule has 0 saturated heterocycles. The third-order valence-electron chi connectivity index (χ3n) is 6.54. The molecule has 0 aliphatic rings. The van der Waals surface area contributed by atoms with Crippen LogP contribution >= 0.6 is 57.7 Å². The van der Waals surface area contributed by atoms with Crippen LogP contribution in [0, 0.1) is 6.92 Å². The number of aliphatic hydroxyl groups is 2. The summed E-state index contributed by atoms with van der Waals surface area (Å²) in [4.78, 5) is 16.1. The van der Waals surface area contributed by atoms with Gasteiger partial charge in [0.15, 0.2) is 23.5 Å². The van der Waals surface area contributed by atoms with Gasteiger partial charge in [-0.2, -0.15) is 0 Å². The van der Waals surface area contributed by atoms with Gasteiger partial charge in [0.1, 0.15) is 5.01 Å². The van der Waals surface area contributed by atoms with Crippen LogP contribution < -0.4 is 14.8 Å². The molecular weight excluding hydrogens is 670 g/mol. The molecule has 44 heavy (non-hydrogen) atoms. The number of aryl methyl sites for hydroxylation is 1. The molecule has 0 aliphatic heterocycles. The lowest BCUT2D eigenvalue weighted by Crippen LogP contribution is -2.02. The van der Waals surface area contributed by atoms with E-state index in [4.69, 9.17) is 55.9 Å². The number of nitrogens with one attached hydrogen (secondary N) is 1. The van der Waals surface area contributed by atoms with Crippen LogP contribution in [0.2, 0.25) is 20.1 Å². The van der Waals surface area contributed by atoms with Gasteiger partial charge in [0.05, 0.1) is 33.3 Å². The Morgan fingerprint density at radius 2 is 1.39 bits per heavy atom. The number of carboxylic acid groups (broad SMARTS) is 1. The number of halogens is 4. The van der Waals surface area contributed by atoms with Crippen LogP contribution in [0.15, 0.2) is 48.5 Å². The third kappa shape index (κ3) is 8.91. The average molecular weight is 700 g/mol. The van der Waals surface area contributed by atoms with Gasteiger partial charge >= 0.3 is 5.97 Å². The minimum Gasteiger partial charge on any atom is -0.490 e. The fourth-order valence-corrected chi connectivity index (χ4v) is 6.47. The molecule has 0 amide bonds. The van der Waals surface area contributed by atoms with E-state index in [2.05, 4.69) is 10.3 Å². The first kappa shape index (κ1) is 34.1. The van der Waals surface area contributed by atoms with Crippen LogP contribution in [0.5, 0.6) is 11.5 Å². The first-order valence-corrected chi connectivity index (χ1v) is 16.0. The van der Waals surface area contributed by atoms with E-state index in [0.717, 1.165) is 32.1 Å². The van der Waals surface area contributed by atoms with E-state index in [0.29, 0.717) is 77.2 Å². The number of hydrogen-bond acceptors (Lipinski definition) is 8. The molecular formula is C31H30Cl4N2O6S. The lowest BCUT2D eigenvalue weighted by molar-refractivity contribution is -0.0419. The molecule has 4 rings (SSSR count). The molecule has 4 aromatic rings. The number of aromatic nitrogens is 1. The van der Waals surface area contributed by atoms with Gasteiger partial charge < -0.3 is 30.1 Å². The minimum atomic E-state index is -1.62. The van der Waals surface area contributed by atoms with Crippen LogP contribution in [0.25, 0.3) is 10.6 Å². The Morgan fingerprint density at radius 1 is 0.864 bits per heavy atom. The van der Waals surface area contributed by atoms with Crippen molar-refractivity contribution in [2.24, 2.45) is 0 Å². The minimum absolute atomic E-state index is 0.0174. The second kappa shape index (κ2) is 16.0. The topological polar surface area (TPSA) is 121 Å². The molecule has 0 unspecified atom stereocenters. The Kier molecular flexibility index (Phi) is 12.4. The highest BCUT2D eigenvalue weighted by Gasteiger charge is 2.18. The monoisotopic (exact) mass is 698 g/mol. The molecule has 0 spiro atoms. The molecule has 3 aromatic carbocycles. The van der Waals surface area contributed by atoms with Crippen molar-refractivity contribution in [3.8, 4) is 22.1 Å². The van der Waals surface area contributed by atoms with Gasteiger partial charge in [-0.1, -0.05) is 83.9 Å². The molecule has 8 nitrogen and oxygen atoms in total. The fraction of sp³-hybridized carbons (Fsp3) is 0.290. The maximum atomic E-state index is 11.3. The third-order valence-corrected chi connectivity index (χ3v) is 8.69. The second-order valence-corrected chi connectivity index (χ2v) is 12.6. The van der Waals surface area contributed by atoms with Crippen molar-refractivity contribution in [2.75, 3.05) is 18.5 Å². The largest absolute Gasteiger partial charge is 0.490 e. The number of hydrogen-bond donors (Lipinski definition) is 4. The van der Waals surface area contributed by atoms with E-state index in [9.17, 15) is 20.1 Å². The highest BCUT2D eigenvalue weighted by molar-refractivity contribution is 7.15. The summed E-state index contributed by atoms with van der Waals surface area (Å²) in [7, 11) is 0. The van der Waals surface area contributed by atoms with E-state index in [-0.39, 0.29) is 5.69 Å². The number of carboxylic acids is 1. The summed E-state index contributed by atoms with van der Waals surface area (Å²) < 4.78 is 11.7. The first-order chi connectivity index (χ1) is 21.0. The van der Waals surface area contributed by atoms with Gasteiger partial charge in [-0.3, -0.25) is 0 Å². The smallest absolute Gasteiger partial charge is 0.355 e. The number of aromatic carboxylic acids is 1. The maximum absolute atomic E-state index is 11.3. The Morgan fingerprint density at radius 3 is 1.91 bits per heavy atom. The Bertz CT molecular complexity index is 1570. The number of nitrogens with zero attached hydrogens (tertiary/aromatic N) is 1. The zero-order chi connectivity index (χ0) is 31.8. The number of ether oxygens (including phenoxy) is 2. The number of rotatable bonds is 15. The molecule has 0 saturated carbocycles. The fourth-order valence-electron chi connectivity index (χ4n) is 4.38. The summed E-state index contributed by atoms with van der Waals surface area (Å²) in [5.41, 5.74) is 2.09. The molecule has 4 N–H and O–H groups in total. The normalized spacial score (nSPS) is 11.2. The predicted octanol–water partition coefficient (Wildman–Crippen LogP) is 9.57. The zero-order valence-corrected chi connectivity index (χ0v) is 27.4. The summed E-state index contributed by atoms with van der Waals surface area (Å²) >= 11 is 27.0. The highest BCUT2D eigenvalue weighted by Crippen LogP contribution is 2.40. The number of unbranched alkanes of at least 4 members (excludes halogenated alkanes) is 4. The average Bonchev–Trinajstić information content (AvgIpc) is 3.36. The van der Waals surface area contributed by atoms with E-state index in [1.54, 1.807) is 55.5 Å². The number of thiazole rings is 1. The lowest BCUT2D eigenvalue weighted by atomic mass is 10.1. The molecule has 0 fully saturated rings.